The molecule has 0 aliphatic rings. The van der Waals surface area contributed by atoms with Crippen molar-refractivity contribution in [1.29, 1.82) is 0 Å². The van der Waals surface area contributed by atoms with Gasteiger partial charge in [0.05, 0.1) is 0 Å². The van der Waals surface area contributed by atoms with Gasteiger partial charge in [0.15, 0.2) is 5.16 Å². The van der Waals surface area contributed by atoms with Crippen LogP contribution in [0.5, 0.6) is 0 Å². The van der Waals surface area contributed by atoms with Crippen molar-refractivity contribution in [3.63, 3.8) is 0 Å². The van der Waals surface area contributed by atoms with E-state index in [1.165, 1.54) is 11.8 Å². The van der Waals surface area contributed by atoms with Gasteiger partial charge in [0.1, 0.15) is 11.4 Å². The summed E-state index contributed by atoms with van der Waals surface area (Å²) < 4.78 is 50.0. The summed E-state index contributed by atoms with van der Waals surface area (Å²) in [6.45, 7) is 6.24. The third kappa shape index (κ3) is 7.36. The van der Waals surface area contributed by atoms with Crippen LogP contribution in [0.4, 0.5) is 13.2 Å². The van der Waals surface area contributed by atoms with Crippen molar-refractivity contribution in [2.24, 2.45) is 0 Å². The molecule has 0 radical (unpaired) electrons. The van der Waals surface area contributed by atoms with Gasteiger partial charge in [-0.25, -0.2) is 9.97 Å². The van der Waals surface area contributed by atoms with Gasteiger partial charge in [-0.1, -0.05) is 37.9 Å². The summed E-state index contributed by atoms with van der Waals surface area (Å²) in [5.74, 6) is 0.689. The van der Waals surface area contributed by atoms with E-state index in [9.17, 15) is 13.2 Å². The molecule has 4 nitrogen and oxygen atoms in total. The van der Waals surface area contributed by atoms with Gasteiger partial charge in [-0.3, -0.25) is 0 Å². The minimum atomic E-state index is -4.53. The maximum absolute atomic E-state index is 13.1. The SMILES string of the molecule is CCCCCCSc1nc(C(OCC)OCC)cc(C(F)(F)F)n1. The van der Waals surface area contributed by atoms with E-state index >= 15 is 0 Å². The molecule has 24 heavy (non-hydrogen) atoms. The zero-order chi connectivity index (χ0) is 18.0. The Bertz CT molecular complexity index is 481. The van der Waals surface area contributed by atoms with E-state index in [2.05, 4.69) is 16.9 Å². The maximum Gasteiger partial charge on any atom is 0.433 e. The Kier molecular flexibility index (Phi) is 9.61. The predicted molar refractivity (Wildman–Crippen MR) is 87.9 cm³/mol. The van der Waals surface area contributed by atoms with Crippen LogP contribution in [0.1, 0.15) is 64.1 Å². The fourth-order valence-corrected chi connectivity index (χ4v) is 2.85. The molecule has 0 atom stereocenters. The molecular weight excluding hydrogens is 341 g/mol. The first kappa shape index (κ1) is 21.2. The molecule has 0 amide bonds. The average molecular weight is 366 g/mol. The smallest absolute Gasteiger partial charge is 0.347 e. The van der Waals surface area contributed by atoms with E-state index < -0.39 is 18.2 Å². The van der Waals surface area contributed by atoms with Crippen molar-refractivity contribution >= 4 is 11.8 Å². The average Bonchev–Trinajstić information content (AvgIpc) is 2.53. The van der Waals surface area contributed by atoms with Gasteiger partial charge in [0.2, 0.25) is 6.29 Å². The predicted octanol–water partition coefficient (Wildman–Crippen LogP) is 5.24. The van der Waals surface area contributed by atoms with Crippen LogP contribution in [0.2, 0.25) is 0 Å². The summed E-state index contributed by atoms with van der Waals surface area (Å²) in [5, 5.41) is 0.112. The molecule has 0 fully saturated rings. The Balaban J connectivity index is 2.94. The van der Waals surface area contributed by atoms with Crippen LogP contribution in [0, 0.1) is 0 Å². The van der Waals surface area contributed by atoms with Crippen LogP contribution in [0.15, 0.2) is 11.2 Å². The maximum atomic E-state index is 13.1. The van der Waals surface area contributed by atoms with E-state index in [1.54, 1.807) is 13.8 Å². The third-order valence-electron chi connectivity index (χ3n) is 3.12. The van der Waals surface area contributed by atoms with Gasteiger partial charge in [0.25, 0.3) is 0 Å². The molecule has 138 valence electrons. The standard InChI is InChI=1S/C16H25F3N2O2S/c1-4-7-8-9-10-24-15-20-12(14(22-5-2)23-6-3)11-13(21-15)16(17,18)19/h11,14H,4-10H2,1-3H3. The van der Waals surface area contributed by atoms with Crippen LogP contribution in [0.3, 0.4) is 0 Å². The third-order valence-corrected chi connectivity index (χ3v) is 4.06. The molecule has 1 aromatic rings. The Morgan fingerprint density at radius 2 is 1.71 bits per heavy atom. The Labute approximate surface area is 145 Å². The molecule has 0 aliphatic heterocycles. The van der Waals surface area contributed by atoms with E-state index in [4.69, 9.17) is 9.47 Å². The lowest BCUT2D eigenvalue weighted by Gasteiger charge is -2.18. The van der Waals surface area contributed by atoms with Gasteiger partial charge in [0, 0.05) is 19.0 Å². The summed E-state index contributed by atoms with van der Waals surface area (Å²) >= 11 is 1.24. The monoisotopic (exact) mass is 366 g/mol. The number of thioether (sulfide) groups is 1. The second-order valence-electron chi connectivity index (χ2n) is 5.11. The number of unbranched alkanes of at least 4 members (excludes halogenated alkanes) is 3. The molecule has 0 aromatic carbocycles. The Morgan fingerprint density at radius 1 is 1.04 bits per heavy atom. The van der Waals surface area contributed by atoms with Crippen LogP contribution >= 0.6 is 11.8 Å². The molecule has 0 N–H and O–H groups in total. The number of halogens is 3. The summed E-state index contributed by atoms with van der Waals surface area (Å²) in [7, 11) is 0. The summed E-state index contributed by atoms with van der Waals surface area (Å²) in [4.78, 5) is 7.84. The molecule has 0 saturated heterocycles. The lowest BCUT2D eigenvalue weighted by atomic mass is 10.2. The fourth-order valence-electron chi connectivity index (χ4n) is 1.99. The van der Waals surface area contributed by atoms with Crippen LogP contribution in [-0.4, -0.2) is 28.9 Å². The molecule has 0 bridgehead atoms. The first-order chi connectivity index (χ1) is 11.4. The quantitative estimate of drug-likeness (QED) is 0.232. The van der Waals surface area contributed by atoms with Crippen molar-refractivity contribution in [1.82, 2.24) is 9.97 Å². The van der Waals surface area contributed by atoms with Gasteiger partial charge in [-0.2, -0.15) is 13.2 Å². The second kappa shape index (κ2) is 10.9. The van der Waals surface area contributed by atoms with E-state index in [-0.39, 0.29) is 10.9 Å². The zero-order valence-corrected chi connectivity index (χ0v) is 15.2. The first-order valence-corrected chi connectivity index (χ1v) is 9.23. The lowest BCUT2D eigenvalue weighted by molar-refractivity contribution is -0.148. The van der Waals surface area contributed by atoms with Crippen molar-refractivity contribution in [3.05, 3.63) is 17.5 Å². The molecule has 0 spiro atoms. The summed E-state index contributed by atoms with van der Waals surface area (Å²) in [5.41, 5.74) is -0.856. The molecule has 1 heterocycles. The number of nitrogens with zero attached hydrogens (tertiary/aromatic N) is 2. The van der Waals surface area contributed by atoms with Gasteiger partial charge >= 0.3 is 6.18 Å². The highest BCUT2D eigenvalue weighted by Crippen LogP contribution is 2.31. The van der Waals surface area contributed by atoms with Gasteiger partial charge < -0.3 is 9.47 Å². The molecule has 0 unspecified atom stereocenters. The van der Waals surface area contributed by atoms with Crippen molar-refractivity contribution in [3.8, 4) is 0 Å². The van der Waals surface area contributed by atoms with Gasteiger partial charge in [-0.15, -0.1) is 0 Å². The van der Waals surface area contributed by atoms with Crippen molar-refractivity contribution in [2.75, 3.05) is 19.0 Å². The van der Waals surface area contributed by atoms with Crippen molar-refractivity contribution in [2.45, 2.75) is 64.1 Å². The number of aromatic nitrogens is 2. The second-order valence-corrected chi connectivity index (χ2v) is 6.17. The minimum absolute atomic E-state index is 0.108. The van der Waals surface area contributed by atoms with E-state index in [0.29, 0.717) is 19.0 Å². The highest BCUT2D eigenvalue weighted by molar-refractivity contribution is 7.99. The zero-order valence-electron chi connectivity index (χ0n) is 14.4. The summed E-state index contributed by atoms with van der Waals surface area (Å²) in [6, 6.07) is 0.900. The number of rotatable bonds is 11. The van der Waals surface area contributed by atoms with Crippen LogP contribution in [0.25, 0.3) is 0 Å². The largest absolute Gasteiger partial charge is 0.433 e. The molecule has 1 rings (SSSR count). The number of hydrogen-bond acceptors (Lipinski definition) is 5. The molecular formula is C16H25F3N2O2S. The fraction of sp³-hybridized carbons (Fsp3) is 0.750. The first-order valence-electron chi connectivity index (χ1n) is 8.24. The van der Waals surface area contributed by atoms with Crippen LogP contribution < -0.4 is 0 Å². The van der Waals surface area contributed by atoms with Crippen LogP contribution in [-0.2, 0) is 15.7 Å². The minimum Gasteiger partial charge on any atom is -0.347 e. The van der Waals surface area contributed by atoms with E-state index in [0.717, 1.165) is 31.7 Å². The Morgan fingerprint density at radius 3 is 2.25 bits per heavy atom. The molecule has 0 aliphatic carbocycles. The molecule has 1 aromatic heterocycles. The highest BCUT2D eigenvalue weighted by atomic mass is 32.2. The highest BCUT2D eigenvalue weighted by Gasteiger charge is 2.34. The number of hydrogen-bond donors (Lipinski definition) is 0. The topological polar surface area (TPSA) is 44.2 Å². The summed E-state index contributed by atoms with van der Waals surface area (Å²) in [6.07, 6.45) is -1.24. The number of alkyl halides is 3. The lowest BCUT2D eigenvalue weighted by Crippen LogP contribution is -2.16. The Hall–Kier alpha value is -0.860. The normalized spacial score (nSPS) is 12.1. The number of ether oxygens (including phenoxy) is 2. The van der Waals surface area contributed by atoms with Gasteiger partial charge in [-0.05, 0) is 26.3 Å². The molecule has 8 heteroatoms. The molecule has 0 saturated carbocycles. The van der Waals surface area contributed by atoms with E-state index in [1.807, 2.05) is 0 Å². The van der Waals surface area contributed by atoms with Crippen molar-refractivity contribution < 1.29 is 22.6 Å².